The van der Waals surface area contributed by atoms with Gasteiger partial charge in [-0.15, -0.1) is 0 Å². The first-order chi connectivity index (χ1) is 16.5. The number of benzene rings is 1. The molecule has 2 aliphatic heterocycles. The maximum atomic E-state index is 14.3. The highest BCUT2D eigenvalue weighted by Crippen LogP contribution is 2.27. The Labute approximate surface area is 197 Å². The molecule has 4 heterocycles. The molecule has 1 aromatic carbocycles. The number of aromatic nitrogens is 3. The van der Waals surface area contributed by atoms with E-state index in [0.717, 1.165) is 43.5 Å². The summed E-state index contributed by atoms with van der Waals surface area (Å²) in [4.78, 5) is 25.4. The fourth-order valence-electron chi connectivity index (χ4n) is 4.70. The molecule has 8 nitrogen and oxygen atoms in total. The Hall–Kier alpha value is -3.77. The van der Waals surface area contributed by atoms with Gasteiger partial charge in [-0.3, -0.25) is 14.3 Å². The zero-order valence-electron chi connectivity index (χ0n) is 19.0. The Balaban J connectivity index is 1.37. The highest BCUT2D eigenvalue weighted by molar-refractivity contribution is 5.60. The SMILES string of the molecule is Cn1c(N2CCN[C@@H](c3ccc(N4CCC(C#N)C4)cc3)C2)nc(-c2ccncc2F)cc1=O. The topological polar surface area (TPSA) is 90.1 Å². The molecule has 34 heavy (non-hydrogen) atoms. The van der Waals surface area contributed by atoms with Gasteiger partial charge in [-0.1, -0.05) is 12.1 Å². The van der Waals surface area contributed by atoms with Gasteiger partial charge in [0, 0.05) is 69.3 Å². The summed E-state index contributed by atoms with van der Waals surface area (Å²) in [5.74, 6) is 0.108. The van der Waals surface area contributed by atoms with E-state index in [1.807, 2.05) is 0 Å². The molecule has 2 aliphatic rings. The molecule has 2 saturated heterocycles. The van der Waals surface area contributed by atoms with E-state index in [2.05, 4.69) is 55.4 Å². The van der Waals surface area contributed by atoms with E-state index < -0.39 is 5.82 Å². The van der Waals surface area contributed by atoms with Crippen LogP contribution in [0.2, 0.25) is 0 Å². The molecule has 3 aromatic rings. The maximum Gasteiger partial charge on any atom is 0.255 e. The van der Waals surface area contributed by atoms with E-state index in [1.54, 1.807) is 7.05 Å². The van der Waals surface area contributed by atoms with Gasteiger partial charge < -0.3 is 15.1 Å². The van der Waals surface area contributed by atoms with Crippen LogP contribution in [0.15, 0.2) is 53.6 Å². The maximum absolute atomic E-state index is 14.3. The lowest BCUT2D eigenvalue weighted by Gasteiger charge is -2.35. The third kappa shape index (κ3) is 4.24. The highest BCUT2D eigenvalue weighted by atomic mass is 19.1. The van der Waals surface area contributed by atoms with Gasteiger partial charge >= 0.3 is 0 Å². The predicted molar refractivity (Wildman–Crippen MR) is 128 cm³/mol. The standard InChI is InChI=1S/C25H26FN7O/c1-31-24(34)12-22(20-6-8-28-14-21(20)26)30-25(31)33-11-9-29-23(16-33)18-2-4-19(5-3-18)32-10-7-17(13-27)15-32/h2-6,8,12,14,17,23,29H,7,9-11,15-16H2,1H3/t17?,23-/m1/s1. The van der Waals surface area contributed by atoms with Gasteiger partial charge in [0.05, 0.1) is 23.9 Å². The quantitative estimate of drug-likeness (QED) is 0.641. The molecule has 0 radical (unpaired) electrons. The van der Waals surface area contributed by atoms with E-state index >= 15 is 0 Å². The van der Waals surface area contributed by atoms with Crippen LogP contribution in [0.25, 0.3) is 11.3 Å². The summed E-state index contributed by atoms with van der Waals surface area (Å²) < 4.78 is 15.8. The summed E-state index contributed by atoms with van der Waals surface area (Å²) in [6.07, 6.45) is 3.53. The zero-order valence-corrected chi connectivity index (χ0v) is 19.0. The number of rotatable bonds is 4. The average Bonchev–Trinajstić information content (AvgIpc) is 3.36. The Bertz CT molecular complexity index is 1280. The molecule has 1 unspecified atom stereocenters. The molecule has 0 amide bonds. The minimum absolute atomic E-state index is 0.0615. The van der Waals surface area contributed by atoms with Crippen LogP contribution in [0, 0.1) is 23.1 Å². The van der Waals surface area contributed by atoms with Gasteiger partial charge in [-0.05, 0) is 30.2 Å². The first-order valence-corrected chi connectivity index (χ1v) is 11.4. The van der Waals surface area contributed by atoms with Gasteiger partial charge in [0.2, 0.25) is 5.95 Å². The average molecular weight is 460 g/mol. The molecule has 0 bridgehead atoms. The van der Waals surface area contributed by atoms with Crippen molar-refractivity contribution in [3.05, 3.63) is 70.5 Å². The number of nitrogens with one attached hydrogen (secondary N) is 1. The van der Waals surface area contributed by atoms with Gasteiger partial charge in [0.1, 0.15) is 0 Å². The van der Waals surface area contributed by atoms with E-state index in [1.165, 1.54) is 22.9 Å². The number of hydrogen-bond acceptors (Lipinski definition) is 7. The van der Waals surface area contributed by atoms with Crippen LogP contribution in [0.4, 0.5) is 16.0 Å². The highest BCUT2D eigenvalue weighted by Gasteiger charge is 2.26. The third-order valence-corrected chi connectivity index (χ3v) is 6.65. The van der Waals surface area contributed by atoms with Crippen molar-refractivity contribution in [3.8, 4) is 17.3 Å². The third-order valence-electron chi connectivity index (χ3n) is 6.65. The van der Waals surface area contributed by atoms with Crippen LogP contribution in [-0.2, 0) is 7.05 Å². The van der Waals surface area contributed by atoms with Crippen LogP contribution in [0.3, 0.4) is 0 Å². The lowest BCUT2D eigenvalue weighted by molar-refractivity contribution is 0.462. The molecule has 174 valence electrons. The number of nitriles is 1. The van der Waals surface area contributed by atoms with Crippen molar-refractivity contribution >= 4 is 11.6 Å². The number of pyridine rings is 1. The van der Waals surface area contributed by atoms with Crippen molar-refractivity contribution in [1.82, 2.24) is 19.9 Å². The fourth-order valence-corrected chi connectivity index (χ4v) is 4.70. The minimum atomic E-state index is -0.508. The van der Waals surface area contributed by atoms with Gasteiger partial charge in [0.25, 0.3) is 5.56 Å². The lowest BCUT2D eigenvalue weighted by Crippen LogP contribution is -2.47. The lowest BCUT2D eigenvalue weighted by atomic mass is 10.0. The van der Waals surface area contributed by atoms with E-state index in [-0.39, 0.29) is 23.1 Å². The van der Waals surface area contributed by atoms with Crippen molar-refractivity contribution in [2.75, 3.05) is 42.5 Å². The smallest absolute Gasteiger partial charge is 0.255 e. The molecular weight excluding hydrogens is 433 g/mol. The zero-order chi connectivity index (χ0) is 23.7. The normalized spacial score (nSPS) is 20.4. The number of halogens is 1. The number of anilines is 2. The molecule has 2 aromatic heterocycles. The summed E-state index contributed by atoms with van der Waals surface area (Å²) in [6, 6.07) is 13.8. The van der Waals surface area contributed by atoms with Crippen LogP contribution in [0.5, 0.6) is 0 Å². The predicted octanol–water partition coefficient (Wildman–Crippen LogP) is 2.48. The van der Waals surface area contributed by atoms with E-state index in [9.17, 15) is 9.18 Å². The Morgan fingerprint density at radius 1 is 1.15 bits per heavy atom. The van der Waals surface area contributed by atoms with E-state index in [4.69, 9.17) is 5.26 Å². The monoisotopic (exact) mass is 459 g/mol. The second-order valence-corrected chi connectivity index (χ2v) is 8.80. The molecule has 0 saturated carbocycles. The van der Waals surface area contributed by atoms with Crippen LogP contribution < -0.4 is 20.7 Å². The summed E-state index contributed by atoms with van der Waals surface area (Å²) in [5.41, 5.74) is 2.60. The van der Waals surface area contributed by atoms with Crippen molar-refractivity contribution in [1.29, 1.82) is 5.26 Å². The molecule has 0 aliphatic carbocycles. The van der Waals surface area contributed by atoms with E-state index in [0.29, 0.717) is 24.7 Å². The van der Waals surface area contributed by atoms with Gasteiger partial charge in [-0.25, -0.2) is 9.37 Å². The van der Waals surface area contributed by atoms with Crippen LogP contribution >= 0.6 is 0 Å². The molecule has 2 atom stereocenters. The summed E-state index contributed by atoms with van der Waals surface area (Å²) >= 11 is 0. The Morgan fingerprint density at radius 2 is 1.97 bits per heavy atom. The number of nitrogens with zero attached hydrogens (tertiary/aromatic N) is 6. The second-order valence-electron chi connectivity index (χ2n) is 8.80. The summed E-state index contributed by atoms with van der Waals surface area (Å²) in [7, 11) is 1.69. The summed E-state index contributed by atoms with van der Waals surface area (Å²) in [5, 5.41) is 12.7. The number of piperazine rings is 1. The van der Waals surface area contributed by atoms with Gasteiger partial charge in [-0.2, -0.15) is 5.26 Å². The second kappa shape index (κ2) is 9.23. The van der Waals surface area contributed by atoms with Crippen molar-refractivity contribution in [2.24, 2.45) is 13.0 Å². The van der Waals surface area contributed by atoms with Crippen LogP contribution in [0.1, 0.15) is 18.0 Å². The molecule has 9 heteroatoms. The molecule has 0 spiro atoms. The Morgan fingerprint density at radius 3 is 2.71 bits per heavy atom. The number of hydrogen-bond donors (Lipinski definition) is 1. The van der Waals surface area contributed by atoms with Crippen LogP contribution in [-0.4, -0.2) is 47.3 Å². The van der Waals surface area contributed by atoms with Crippen molar-refractivity contribution in [2.45, 2.75) is 12.5 Å². The fraction of sp³-hybridized carbons (Fsp3) is 0.360. The minimum Gasteiger partial charge on any atom is -0.370 e. The summed E-state index contributed by atoms with van der Waals surface area (Å²) in [6.45, 7) is 3.72. The molecule has 1 N–H and O–H groups in total. The Kier molecular flexibility index (Phi) is 5.99. The van der Waals surface area contributed by atoms with Crippen molar-refractivity contribution in [3.63, 3.8) is 0 Å². The molecular formula is C25H26FN7O. The van der Waals surface area contributed by atoms with Crippen molar-refractivity contribution < 1.29 is 4.39 Å². The molecule has 5 rings (SSSR count). The first kappa shape index (κ1) is 22.0. The molecule has 2 fully saturated rings. The largest absolute Gasteiger partial charge is 0.370 e. The first-order valence-electron chi connectivity index (χ1n) is 11.4. The van der Waals surface area contributed by atoms with Gasteiger partial charge in [0.15, 0.2) is 5.82 Å².